The van der Waals surface area contributed by atoms with E-state index in [9.17, 15) is 9.59 Å². The number of benzene rings is 3. The quantitative estimate of drug-likeness (QED) is 0.305. The first kappa shape index (κ1) is 19.9. The Morgan fingerprint density at radius 1 is 0.867 bits per heavy atom. The van der Waals surface area contributed by atoms with Gasteiger partial charge in [-0.25, -0.2) is 4.79 Å². The molecule has 1 aliphatic rings. The number of hydrogen-bond acceptors (Lipinski definition) is 4. The second-order valence-electron chi connectivity index (χ2n) is 7.76. The van der Waals surface area contributed by atoms with Crippen LogP contribution in [0, 0.1) is 12.8 Å². The highest BCUT2D eigenvalue weighted by molar-refractivity contribution is 5.99. The highest BCUT2D eigenvalue weighted by atomic mass is 16.5. The minimum atomic E-state index is -0.435. The summed E-state index contributed by atoms with van der Waals surface area (Å²) in [5.74, 6) is -0.0292. The predicted octanol–water partition coefficient (Wildman–Crippen LogP) is 6.02. The van der Waals surface area contributed by atoms with E-state index in [2.05, 4.69) is 6.08 Å². The maximum atomic E-state index is 12.8. The van der Waals surface area contributed by atoms with Gasteiger partial charge in [0.2, 0.25) is 0 Å². The number of fused-ring (bicyclic) bond motifs is 1. The van der Waals surface area contributed by atoms with Crippen LogP contribution in [0.5, 0.6) is 11.5 Å². The van der Waals surface area contributed by atoms with E-state index in [-0.39, 0.29) is 11.9 Å². The number of esters is 2. The van der Waals surface area contributed by atoms with E-state index in [1.165, 1.54) is 5.57 Å². The van der Waals surface area contributed by atoms with Gasteiger partial charge < -0.3 is 9.47 Å². The third kappa shape index (κ3) is 4.13. The number of ether oxygens (including phenoxy) is 2. The van der Waals surface area contributed by atoms with Crippen LogP contribution in [0.4, 0.5) is 0 Å². The van der Waals surface area contributed by atoms with Gasteiger partial charge in [-0.3, -0.25) is 4.79 Å². The molecule has 30 heavy (non-hydrogen) atoms. The molecule has 1 unspecified atom stereocenters. The van der Waals surface area contributed by atoms with Crippen molar-refractivity contribution in [2.75, 3.05) is 0 Å². The predicted molar refractivity (Wildman–Crippen MR) is 117 cm³/mol. The molecule has 4 heteroatoms. The molecule has 0 saturated carbocycles. The van der Waals surface area contributed by atoms with Crippen LogP contribution in [0.15, 0.2) is 72.3 Å². The first-order valence-corrected chi connectivity index (χ1v) is 10.2. The van der Waals surface area contributed by atoms with Crippen molar-refractivity contribution in [3.63, 3.8) is 0 Å². The van der Waals surface area contributed by atoms with Gasteiger partial charge in [-0.15, -0.1) is 0 Å². The monoisotopic (exact) mass is 400 g/mol. The van der Waals surface area contributed by atoms with E-state index >= 15 is 0 Å². The molecule has 3 aromatic carbocycles. The third-order valence-corrected chi connectivity index (χ3v) is 5.52. The van der Waals surface area contributed by atoms with Crippen molar-refractivity contribution in [3.8, 4) is 11.5 Å². The highest BCUT2D eigenvalue weighted by Crippen LogP contribution is 2.36. The Hall–Kier alpha value is -3.40. The summed E-state index contributed by atoms with van der Waals surface area (Å²) in [6.07, 6.45) is 4.57. The summed E-state index contributed by atoms with van der Waals surface area (Å²) in [6, 6.07) is 18.2. The van der Waals surface area contributed by atoms with Crippen LogP contribution in [-0.4, -0.2) is 11.9 Å². The van der Waals surface area contributed by atoms with Crippen LogP contribution < -0.4 is 9.47 Å². The molecule has 0 spiro atoms. The normalized spacial score (nSPS) is 16.1. The molecule has 0 bridgehead atoms. The van der Waals surface area contributed by atoms with Crippen molar-refractivity contribution in [2.45, 2.75) is 33.1 Å². The summed E-state index contributed by atoms with van der Waals surface area (Å²) in [5, 5.41) is 1.47. The average molecular weight is 400 g/mol. The van der Waals surface area contributed by atoms with Crippen LogP contribution in [0.2, 0.25) is 0 Å². The largest absolute Gasteiger partial charge is 0.426 e. The van der Waals surface area contributed by atoms with Gasteiger partial charge >= 0.3 is 11.9 Å². The minimum Gasteiger partial charge on any atom is -0.426 e. The van der Waals surface area contributed by atoms with Gasteiger partial charge in [-0.2, -0.15) is 0 Å². The zero-order valence-corrected chi connectivity index (χ0v) is 17.2. The van der Waals surface area contributed by atoms with Crippen molar-refractivity contribution >= 4 is 22.7 Å². The first-order chi connectivity index (χ1) is 14.5. The Balaban J connectivity index is 1.65. The van der Waals surface area contributed by atoms with Crippen molar-refractivity contribution in [1.82, 2.24) is 0 Å². The number of rotatable bonds is 4. The number of aryl methyl sites for hydroxylation is 1. The molecule has 0 N–H and O–H groups in total. The number of allylic oxidation sites excluding steroid dienone is 2. The summed E-state index contributed by atoms with van der Waals surface area (Å²) >= 11 is 0. The highest BCUT2D eigenvalue weighted by Gasteiger charge is 2.24. The maximum absolute atomic E-state index is 12.8. The van der Waals surface area contributed by atoms with E-state index in [4.69, 9.17) is 9.47 Å². The third-order valence-electron chi connectivity index (χ3n) is 5.52. The van der Waals surface area contributed by atoms with E-state index in [1.807, 2.05) is 50.2 Å². The topological polar surface area (TPSA) is 52.6 Å². The molecule has 0 aliphatic heterocycles. The Labute approximate surface area is 176 Å². The van der Waals surface area contributed by atoms with Gasteiger partial charge in [0.05, 0.1) is 16.9 Å². The molecular formula is C26H24O4. The van der Waals surface area contributed by atoms with Crippen molar-refractivity contribution in [2.24, 2.45) is 5.92 Å². The number of carbonyl (C=O) groups excluding carboxylic acids is 2. The fourth-order valence-corrected chi connectivity index (χ4v) is 3.90. The lowest BCUT2D eigenvalue weighted by Crippen LogP contribution is -2.22. The lowest BCUT2D eigenvalue weighted by Gasteiger charge is -2.20. The molecule has 152 valence electrons. The van der Waals surface area contributed by atoms with Gasteiger partial charge in [-0.05, 0) is 62.3 Å². The van der Waals surface area contributed by atoms with Gasteiger partial charge in [0.1, 0.15) is 11.5 Å². The van der Waals surface area contributed by atoms with Crippen LogP contribution in [0.3, 0.4) is 0 Å². The van der Waals surface area contributed by atoms with Gasteiger partial charge in [-0.1, -0.05) is 54.1 Å². The summed E-state index contributed by atoms with van der Waals surface area (Å²) in [5.41, 5.74) is 2.57. The van der Waals surface area contributed by atoms with Crippen LogP contribution in [0.1, 0.15) is 42.1 Å². The molecule has 4 nitrogen and oxygen atoms in total. The molecule has 1 atom stereocenters. The molecule has 0 aromatic heterocycles. The van der Waals surface area contributed by atoms with Gasteiger partial charge in [0, 0.05) is 0 Å². The molecule has 1 aliphatic carbocycles. The van der Waals surface area contributed by atoms with Gasteiger partial charge in [0.25, 0.3) is 0 Å². The van der Waals surface area contributed by atoms with E-state index in [0.29, 0.717) is 22.4 Å². The van der Waals surface area contributed by atoms with Crippen LogP contribution in [0.25, 0.3) is 10.8 Å². The fraction of sp³-hybridized carbons (Fsp3) is 0.231. The maximum Gasteiger partial charge on any atom is 0.343 e. The second kappa shape index (κ2) is 8.54. The van der Waals surface area contributed by atoms with Crippen LogP contribution >= 0.6 is 0 Å². The minimum absolute atomic E-state index is 0.146. The summed E-state index contributed by atoms with van der Waals surface area (Å²) in [4.78, 5) is 25.6. The molecule has 0 saturated heterocycles. The first-order valence-electron chi connectivity index (χ1n) is 10.2. The SMILES string of the molecule is CC1=CCCC(C(=O)Oc2cccc3cccc(OC(=O)c4ccccc4C)c23)C1. The smallest absolute Gasteiger partial charge is 0.343 e. The Morgan fingerprint density at radius 2 is 1.57 bits per heavy atom. The molecular weight excluding hydrogens is 376 g/mol. The zero-order valence-electron chi connectivity index (χ0n) is 17.2. The number of hydrogen-bond donors (Lipinski definition) is 0. The molecule has 0 amide bonds. The molecule has 0 heterocycles. The Bertz CT molecular complexity index is 1140. The Morgan fingerprint density at radius 3 is 2.27 bits per heavy atom. The zero-order chi connectivity index (χ0) is 21.1. The van der Waals surface area contributed by atoms with E-state index in [1.54, 1.807) is 24.3 Å². The van der Waals surface area contributed by atoms with Crippen molar-refractivity contribution < 1.29 is 19.1 Å². The van der Waals surface area contributed by atoms with Crippen molar-refractivity contribution in [3.05, 3.63) is 83.4 Å². The van der Waals surface area contributed by atoms with Crippen molar-refractivity contribution in [1.29, 1.82) is 0 Å². The fourth-order valence-electron chi connectivity index (χ4n) is 3.90. The van der Waals surface area contributed by atoms with Crippen LogP contribution in [-0.2, 0) is 4.79 Å². The average Bonchev–Trinajstić information content (AvgIpc) is 2.74. The number of carbonyl (C=O) groups is 2. The standard InChI is InChI=1S/C26H24O4/c1-17-8-5-12-20(16-17)25(27)29-22-14-6-10-19-11-7-15-23(24(19)22)30-26(28)21-13-4-3-9-18(21)2/h3-4,6-11,13-15,20H,5,12,16H2,1-2H3. The van der Waals surface area contributed by atoms with Gasteiger partial charge in [0.15, 0.2) is 0 Å². The second-order valence-corrected chi connectivity index (χ2v) is 7.76. The summed E-state index contributed by atoms with van der Waals surface area (Å²) in [7, 11) is 0. The van der Waals surface area contributed by atoms with E-state index in [0.717, 1.165) is 30.2 Å². The summed E-state index contributed by atoms with van der Waals surface area (Å²) < 4.78 is 11.5. The lowest BCUT2D eigenvalue weighted by molar-refractivity contribution is -0.139. The molecule has 4 rings (SSSR count). The summed E-state index contributed by atoms with van der Waals surface area (Å²) in [6.45, 7) is 3.91. The van der Waals surface area contributed by atoms with E-state index < -0.39 is 5.97 Å². The molecule has 0 radical (unpaired) electrons. The lowest BCUT2D eigenvalue weighted by atomic mass is 9.90. The molecule has 3 aromatic rings. The Kier molecular flexibility index (Phi) is 5.66. The molecule has 0 fully saturated rings.